The normalized spacial score (nSPS) is 34.2. The number of carbonyl (C=O) groups excluding carboxylic acids is 2. The summed E-state index contributed by atoms with van der Waals surface area (Å²) in [5.41, 5.74) is 4.89. The number of nitrogens with one attached hydrogen (secondary N) is 2. The monoisotopic (exact) mass is 283 g/mol. The van der Waals surface area contributed by atoms with Gasteiger partial charge < -0.3 is 9.64 Å². The highest BCUT2D eigenvalue weighted by atomic mass is 16.6. The standard InChI is InChI=1S/C14H25N3O3/c1-9-6-7-14(10(2)11(18)15-16-14)8-17(9)12(19)20-13(3,4)5/h9-10,16H,6-8H2,1-5H3,(H,15,18). The van der Waals surface area contributed by atoms with Gasteiger partial charge in [-0.1, -0.05) is 6.92 Å². The quantitative estimate of drug-likeness (QED) is 0.705. The fraction of sp³-hybridized carbons (Fsp3) is 0.857. The number of nitrogens with zero attached hydrogens (tertiary/aromatic N) is 1. The van der Waals surface area contributed by atoms with E-state index < -0.39 is 5.60 Å². The summed E-state index contributed by atoms with van der Waals surface area (Å²) in [6, 6.07) is 0.125. The molecule has 2 aliphatic heterocycles. The van der Waals surface area contributed by atoms with Gasteiger partial charge in [0.05, 0.1) is 11.5 Å². The Balaban J connectivity index is 2.13. The summed E-state index contributed by atoms with van der Waals surface area (Å²) in [5.74, 6) is -0.163. The number of likely N-dealkylation sites (tertiary alicyclic amines) is 1. The van der Waals surface area contributed by atoms with E-state index >= 15 is 0 Å². The second-order valence-electron chi connectivity index (χ2n) is 6.99. The van der Waals surface area contributed by atoms with Gasteiger partial charge in [-0.05, 0) is 40.5 Å². The van der Waals surface area contributed by atoms with Gasteiger partial charge in [0.25, 0.3) is 0 Å². The third-order valence-corrected chi connectivity index (χ3v) is 4.28. The van der Waals surface area contributed by atoms with Crippen LogP contribution in [0, 0.1) is 5.92 Å². The Hall–Kier alpha value is -1.30. The van der Waals surface area contributed by atoms with Crippen molar-refractivity contribution < 1.29 is 14.3 Å². The molecule has 2 saturated heterocycles. The number of hydrogen-bond donors (Lipinski definition) is 2. The summed E-state index contributed by atoms with van der Waals surface area (Å²) < 4.78 is 5.47. The minimum absolute atomic E-state index is 0.0105. The molecule has 20 heavy (non-hydrogen) atoms. The van der Waals surface area contributed by atoms with E-state index in [0.717, 1.165) is 12.8 Å². The molecule has 1 spiro atoms. The summed E-state index contributed by atoms with van der Waals surface area (Å²) in [7, 11) is 0. The number of rotatable bonds is 0. The van der Waals surface area contributed by atoms with Crippen LogP contribution in [-0.2, 0) is 9.53 Å². The number of amides is 2. The number of ether oxygens (including phenoxy) is 1. The summed E-state index contributed by atoms with van der Waals surface area (Å²) in [6.45, 7) is 9.98. The van der Waals surface area contributed by atoms with Crippen molar-refractivity contribution in [2.24, 2.45) is 5.92 Å². The molecule has 3 unspecified atom stereocenters. The van der Waals surface area contributed by atoms with Crippen molar-refractivity contribution in [3.8, 4) is 0 Å². The molecule has 2 aliphatic rings. The molecule has 2 rings (SSSR count). The van der Waals surface area contributed by atoms with Gasteiger partial charge in [-0.3, -0.25) is 10.2 Å². The molecule has 0 radical (unpaired) electrons. The average molecular weight is 283 g/mol. The van der Waals surface area contributed by atoms with Gasteiger partial charge >= 0.3 is 6.09 Å². The van der Waals surface area contributed by atoms with Gasteiger partial charge in [-0.2, -0.15) is 0 Å². The van der Waals surface area contributed by atoms with Crippen molar-refractivity contribution in [1.82, 2.24) is 15.8 Å². The maximum absolute atomic E-state index is 12.3. The minimum atomic E-state index is -0.510. The summed E-state index contributed by atoms with van der Waals surface area (Å²) in [5, 5.41) is 0. The number of carbonyl (C=O) groups is 2. The maximum atomic E-state index is 12.3. The highest BCUT2D eigenvalue weighted by molar-refractivity contribution is 5.82. The van der Waals surface area contributed by atoms with E-state index in [2.05, 4.69) is 10.9 Å². The van der Waals surface area contributed by atoms with Gasteiger partial charge in [0.1, 0.15) is 5.60 Å². The molecular formula is C14H25N3O3. The van der Waals surface area contributed by atoms with Crippen LogP contribution in [0.1, 0.15) is 47.5 Å². The summed E-state index contributed by atoms with van der Waals surface area (Å²) in [4.78, 5) is 25.8. The largest absolute Gasteiger partial charge is 0.444 e. The zero-order valence-electron chi connectivity index (χ0n) is 12.9. The lowest BCUT2D eigenvalue weighted by Gasteiger charge is -2.45. The molecule has 114 valence electrons. The first-order chi connectivity index (χ1) is 9.15. The van der Waals surface area contributed by atoms with Crippen LogP contribution in [0.5, 0.6) is 0 Å². The SMILES string of the molecule is CC1CCC2(CN1C(=O)OC(C)(C)C)NNC(=O)C2C. The van der Waals surface area contributed by atoms with Crippen LogP contribution in [0.15, 0.2) is 0 Å². The van der Waals surface area contributed by atoms with Crippen LogP contribution in [0.3, 0.4) is 0 Å². The van der Waals surface area contributed by atoms with Crippen molar-refractivity contribution in [1.29, 1.82) is 0 Å². The van der Waals surface area contributed by atoms with E-state index in [-0.39, 0.29) is 29.5 Å². The molecule has 3 atom stereocenters. The van der Waals surface area contributed by atoms with E-state index in [0.29, 0.717) is 6.54 Å². The molecule has 2 N–H and O–H groups in total. The molecule has 0 aromatic heterocycles. The highest BCUT2D eigenvalue weighted by Gasteiger charge is 2.50. The van der Waals surface area contributed by atoms with Crippen LogP contribution >= 0.6 is 0 Å². The topological polar surface area (TPSA) is 70.7 Å². The average Bonchev–Trinajstić information content (AvgIpc) is 2.59. The number of piperidine rings is 1. The van der Waals surface area contributed by atoms with E-state index in [1.807, 2.05) is 34.6 Å². The molecule has 6 nitrogen and oxygen atoms in total. The Morgan fingerprint density at radius 1 is 1.40 bits per heavy atom. The fourth-order valence-corrected chi connectivity index (χ4v) is 2.84. The van der Waals surface area contributed by atoms with E-state index in [1.54, 1.807) is 4.90 Å². The van der Waals surface area contributed by atoms with Gasteiger partial charge in [-0.25, -0.2) is 10.2 Å². The van der Waals surface area contributed by atoms with Crippen LogP contribution in [0.4, 0.5) is 4.79 Å². The smallest absolute Gasteiger partial charge is 0.410 e. The third-order valence-electron chi connectivity index (χ3n) is 4.28. The molecule has 0 bridgehead atoms. The van der Waals surface area contributed by atoms with Crippen LogP contribution in [-0.4, -0.2) is 40.6 Å². The number of hydrogen-bond acceptors (Lipinski definition) is 4. The zero-order valence-corrected chi connectivity index (χ0v) is 12.9. The Kier molecular flexibility index (Phi) is 3.71. The van der Waals surface area contributed by atoms with E-state index in [4.69, 9.17) is 4.74 Å². The molecular weight excluding hydrogens is 258 g/mol. The summed E-state index contributed by atoms with van der Waals surface area (Å²) in [6.07, 6.45) is 1.41. The van der Waals surface area contributed by atoms with Crippen molar-refractivity contribution in [2.75, 3.05) is 6.54 Å². The predicted molar refractivity (Wildman–Crippen MR) is 74.8 cm³/mol. The Labute approximate surface area is 120 Å². The van der Waals surface area contributed by atoms with E-state index in [1.165, 1.54) is 0 Å². The summed E-state index contributed by atoms with van der Waals surface area (Å²) >= 11 is 0. The molecule has 2 heterocycles. The Morgan fingerprint density at radius 2 is 2.05 bits per heavy atom. The predicted octanol–water partition coefficient (Wildman–Crippen LogP) is 1.42. The van der Waals surface area contributed by atoms with Gasteiger partial charge in [0.2, 0.25) is 5.91 Å². The Morgan fingerprint density at radius 3 is 2.55 bits per heavy atom. The lowest BCUT2D eigenvalue weighted by Crippen LogP contribution is -2.61. The first-order valence-electron chi connectivity index (χ1n) is 7.21. The molecule has 0 aliphatic carbocycles. The highest BCUT2D eigenvalue weighted by Crippen LogP contribution is 2.34. The molecule has 6 heteroatoms. The first kappa shape index (κ1) is 15.1. The van der Waals surface area contributed by atoms with Crippen molar-refractivity contribution in [3.05, 3.63) is 0 Å². The second-order valence-corrected chi connectivity index (χ2v) is 6.99. The molecule has 2 amide bonds. The molecule has 0 saturated carbocycles. The van der Waals surface area contributed by atoms with Gasteiger partial charge in [0.15, 0.2) is 0 Å². The minimum Gasteiger partial charge on any atom is -0.444 e. The lowest BCUT2D eigenvalue weighted by atomic mass is 9.78. The third kappa shape index (κ3) is 2.75. The molecule has 2 fully saturated rings. The van der Waals surface area contributed by atoms with Gasteiger partial charge in [-0.15, -0.1) is 0 Å². The maximum Gasteiger partial charge on any atom is 0.410 e. The van der Waals surface area contributed by atoms with Crippen molar-refractivity contribution in [3.63, 3.8) is 0 Å². The van der Waals surface area contributed by atoms with Crippen LogP contribution in [0.2, 0.25) is 0 Å². The Bertz CT molecular complexity index is 418. The van der Waals surface area contributed by atoms with Crippen LogP contribution < -0.4 is 10.9 Å². The zero-order chi connectivity index (χ0) is 15.1. The van der Waals surface area contributed by atoms with Crippen molar-refractivity contribution >= 4 is 12.0 Å². The molecule has 0 aromatic rings. The fourth-order valence-electron chi connectivity index (χ4n) is 2.84. The number of hydrazine groups is 1. The van der Waals surface area contributed by atoms with E-state index in [9.17, 15) is 9.59 Å². The second kappa shape index (κ2) is 4.91. The van der Waals surface area contributed by atoms with Gasteiger partial charge in [0, 0.05) is 12.6 Å². The van der Waals surface area contributed by atoms with Crippen LogP contribution in [0.25, 0.3) is 0 Å². The van der Waals surface area contributed by atoms with Crippen molar-refractivity contribution in [2.45, 2.75) is 64.6 Å². The lowest BCUT2D eigenvalue weighted by molar-refractivity contribution is -0.123. The molecule has 0 aromatic carbocycles. The first-order valence-corrected chi connectivity index (χ1v) is 7.21.